The van der Waals surface area contributed by atoms with E-state index < -0.39 is 10.0 Å². The Bertz CT molecular complexity index is 1500. The largest absolute Gasteiger partial charge is 0.497 e. The van der Waals surface area contributed by atoms with Crippen molar-refractivity contribution in [2.75, 3.05) is 26.8 Å². The topological polar surface area (TPSA) is 73.1 Å². The van der Waals surface area contributed by atoms with Crippen LogP contribution in [0.25, 0.3) is 11.3 Å². The highest BCUT2D eigenvalue weighted by molar-refractivity contribution is 7.89. The summed E-state index contributed by atoms with van der Waals surface area (Å²) in [6, 6.07) is 22.8. The van der Waals surface area contributed by atoms with E-state index in [-0.39, 0.29) is 0 Å². The maximum Gasteiger partial charge on any atom is 0.243 e. The zero-order valence-corrected chi connectivity index (χ0v) is 23.8. The number of aromatic nitrogens is 1. The van der Waals surface area contributed by atoms with E-state index in [9.17, 15) is 8.42 Å². The van der Waals surface area contributed by atoms with Gasteiger partial charge in [0.05, 0.1) is 36.5 Å². The van der Waals surface area contributed by atoms with Crippen LogP contribution in [0.15, 0.2) is 88.1 Å². The maximum absolute atomic E-state index is 13.0. The molecule has 9 heteroatoms. The number of methoxy groups -OCH3 is 1. The molecule has 0 amide bonds. The summed E-state index contributed by atoms with van der Waals surface area (Å²) in [7, 11) is -1.87. The summed E-state index contributed by atoms with van der Waals surface area (Å²) >= 11 is 1.54. The summed E-state index contributed by atoms with van der Waals surface area (Å²) in [5, 5.41) is 2.06. The molecule has 4 aromatic rings. The van der Waals surface area contributed by atoms with Crippen LogP contribution in [0.5, 0.6) is 11.5 Å². The van der Waals surface area contributed by atoms with Crippen molar-refractivity contribution in [1.29, 1.82) is 0 Å². The highest BCUT2D eigenvalue weighted by Gasteiger charge is 2.21. The van der Waals surface area contributed by atoms with Crippen LogP contribution in [0.1, 0.15) is 26.3 Å². The number of benzene rings is 3. The predicted octanol–water partition coefficient (Wildman–Crippen LogP) is 5.94. The van der Waals surface area contributed by atoms with E-state index in [1.165, 1.54) is 4.31 Å². The summed E-state index contributed by atoms with van der Waals surface area (Å²) in [6.07, 6.45) is 0. The summed E-state index contributed by atoms with van der Waals surface area (Å²) < 4.78 is 40.4. The van der Waals surface area contributed by atoms with Gasteiger partial charge >= 0.3 is 0 Å². The highest BCUT2D eigenvalue weighted by Crippen LogP contribution is 2.26. The van der Waals surface area contributed by atoms with Gasteiger partial charge in [0.1, 0.15) is 11.5 Å². The first-order valence-electron chi connectivity index (χ1n) is 12.6. The summed E-state index contributed by atoms with van der Waals surface area (Å²) in [5.41, 5.74) is 3.80. The van der Waals surface area contributed by atoms with Gasteiger partial charge in [-0.15, -0.1) is 11.3 Å². The Morgan fingerprint density at radius 1 is 0.868 bits per heavy atom. The molecule has 0 aliphatic carbocycles. The van der Waals surface area contributed by atoms with Crippen molar-refractivity contribution in [1.82, 2.24) is 8.87 Å². The van der Waals surface area contributed by atoms with Crippen molar-refractivity contribution in [3.63, 3.8) is 0 Å². The first-order chi connectivity index (χ1) is 18.4. The van der Waals surface area contributed by atoms with Crippen molar-refractivity contribution >= 4 is 27.0 Å². The van der Waals surface area contributed by atoms with E-state index in [1.54, 1.807) is 30.6 Å². The first-order valence-corrected chi connectivity index (χ1v) is 14.9. The Balaban J connectivity index is 1.75. The van der Waals surface area contributed by atoms with E-state index in [2.05, 4.69) is 9.95 Å². The van der Waals surface area contributed by atoms with Gasteiger partial charge in [-0.2, -0.15) is 4.31 Å². The monoisotopic (exact) mass is 551 g/mol. The molecule has 7 nitrogen and oxygen atoms in total. The zero-order valence-electron chi connectivity index (χ0n) is 22.1. The molecule has 3 aromatic carbocycles. The molecule has 0 saturated heterocycles. The third-order valence-electron chi connectivity index (χ3n) is 6.16. The molecule has 0 radical (unpaired) electrons. The van der Waals surface area contributed by atoms with Crippen LogP contribution in [-0.4, -0.2) is 44.1 Å². The number of ether oxygens (including phenoxy) is 2. The number of hydrogen-bond donors (Lipinski definition) is 0. The third kappa shape index (κ3) is 6.18. The van der Waals surface area contributed by atoms with Crippen LogP contribution in [-0.2, 0) is 16.6 Å². The van der Waals surface area contributed by atoms with E-state index in [0.29, 0.717) is 31.1 Å². The Kier molecular flexibility index (Phi) is 9.04. The van der Waals surface area contributed by atoms with Gasteiger partial charge in [-0.25, -0.2) is 13.4 Å². The van der Waals surface area contributed by atoms with E-state index in [4.69, 9.17) is 14.5 Å². The zero-order chi connectivity index (χ0) is 27.1. The first kappa shape index (κ1) is 27.6. The predicted molar refractivity (Wildman–Crippen MR) is 153 cm³/mol. The molecule has 200 valence electrons. The second-order valence-corrected chi connectivity index (χ2v) is 11.3. The van der Waals surface area contributed by atoms with Crippen molar-refractivity contribution < 1.29 is 17.9 Å². The molecule has 0 aliphatic heterocycles. The molecule has 4 rings (SSSR count). The summed E-state index contributed by atoms with van der Waals surface area (Å²) in [5.74, 6) is 1.61. The van der Waals surface area contributed by atoms with Crippen molar-refractivity contribution in [3.05, 3.63) is 88.5 Å². The van der Waals surface area contributed by atoms with Crippen LogP contribution < -0.4 is 14.3 Å². The molecular formula is C29H33N3O4S2. The van der Waals surface area contributed by atoms with E-state index >= 15 is 0 Å². The van der Waals surface area contributed by atoms with Gasteiger partial charge in [-0.1, -0.05) is 38.1 Å². The molecule has 1 aromatic heterocycles. The van der Waals surface area contributed by atoms with E-state index in [0.717, 1.165) is 38.8 Å². The molecule has 0 fully saturated rings. The molecule has 0 spiro atoms. The lowest BCUT2D eigenvalue weighted by molar-refractivity contribution is 0.340. The summed E-state index contributed by atoms with van der Waals surface area (Å²) in [6.45, 7) is 7.72. The maximum atomic E-state index is 13.0. The van der Waals surface area contributed by atoms with Gasteiger partial charge in [0, 0.05) is 18.5 Å². The van der Waals surface area contributed by atoms with Gasteiger partial charge in [-0.3, -0.25) is 0 Å². The molecule has 0 bridgehead atoms. The molecular weight excluding hydrogens is 518 g/mol. The molecule has 0 atom stereocenters. The molecule has 0 unspecified atom stereocenters. The van der Waals surface area contributed by atoms with Crippen LogP contribution >= 0.6 is 11.3 Å². The highest BCUT2D eigenvalue weighted by atomic mass is 32.2. The molecule has 1 heterocycles. The van der Waals surface area contributed by atoms with Gasteiger partial charge in [0.15, 0.2) is 4.80 Å². The van der Waals surface area contributed by atoms with Crippen LogP contribution in [0, 0.1) is 0 Å². The Hall–Kier alpha value is -3.40. The Morgan fingerprint density at radius 2 is 1.50 bits per heavy atom. The minimum absolute atomic E-state index is 0.293. The van der Waals surface area contributed by atoms with Gasteiger partial charge in [0.2, 0.25) is 10.0 Å². The summed E-state index contributed by atoms with van der Waals surface area (Å²) in [4.78, 5) is 6.05. The minimum atomic E-state index is -3.52. The van der Waals surface area contributed by atoms with Crippen LogP contribution in [0.2, 0.25) is 0 Å². The molecule has 0 saturated carbocycles. The normalized spacial score (nSPS) is 12.2. The van der Waals surface area contributed by atoms with Crippen LogP contribution in [0.4, 0.5) is 5.69 Å². The minimum Gasteiger partial charge on any atom is -0.497 e. The molecule has 0 N–H and O–H groups in total. The second kappa shape index (κ2) is 12.4. The number of sulfonamides is 1. The smallest absolute Gasteiger partial charge is 0.243 e. The number of nitrogens with zero attached hydrogens (tertiary/aromatic N) is 3. The SMILES string of the molecule is CCOc1ccc(N=c2scc(-c3ccc(S(=O)(=O)N(CC)CC)cc3)n2Cc2ccc(OC)cc2)cc1. The molecule has 38 heavy (non-hydrogen) atoms. The number of thiazole rings is 1. The van der Waals surface area contributed by atoms with Crippen molar-refractivity contribution in [2.24, 2.45) is 4.99 Å². The number of rotatable bonds is 11. The third-order valence-corrected chi connectivity index (χ3v) is 9.09. The average Bonchev–Trinajstić information content (AvgIpc) is 3.32. The van der Waals surface area contributed by atoms with Gasteiger partial charge in [0.25, 0.3) is 0 Å². The van der Waals surface area contributed by atoms with Gasteiger partial charge in [-0.05, 0) is 66.6 Å². The van der Waals surface area contributed by atoms with Crippen molar-refractivity contribution in [2.45, 2.75) is 32.2 Å². The van der Waals surface area contributed by atoms with E-state index in [1.807, 2.05) is 81.4 Å². The Morgan fingerprint density at radius 3 is 2.08 bits per heavy atom. The van der Waals surface area contributed by atoms with Gasteiger partial charge < -0.3 is 14.0 Å². The number of hydrogen-bond acceptors (Lipinski definition) is 6. The van der Waals surface area contributed by atoms with Crippen molar-refractivity contribution in [3.8, 4) is 22.8 Å². The fraction of sp³-hybridized carbons (Fsp3) is 0.276. The lowest BCUT2D eigenvalue weighted by Crippen LogP contribution is -2.30. The molecule has 0 aliphatic rings. The second-order valence-electron chi connectivity index (χ2n) is 8.49. The average molecular weight is 552 g/mol. The Labute approximate surface area is 228 Å². The fourth-order valence-electron chi connectivity index (χ4n) is 4.12. The lowest BCUT2D eigenvalue weighted by atomic mass is 10.1. The van der Waals surface area contributed by atoms with Crippen LogP contribution in [0.3, 0.4) is 0 Å². The quantitative estimate of drug-likeness (QED) is 0.231. The fourth-order valence-corrected chi connectivity index (χ4v) is 6.51. The standard InChI is InChI=1S/C29H33N3O4S2/c1-5-31(6-2)38(33,34)27-18-10-23(11-19-27)28-21-37-29(30-24-12-16-26(17-13-24)36-7-3)32(28)20-22-8-14-25(35-4)15-9-22/h8-19,21H,5-7,20H2,1-4H3. The lowest BCUT2D eigenvalue weighted by Gasteiger charge is -2.18.